The molecule has 3 aromatic rings. The Morgan fingerprint density at radius 2 is 1.93 bits per heavy atom. The minimum Gasteiger partial charge on any atom is -0.368 e. The first-order valence-electron chi connectivity index (χ1n) is 7.76. The fourth-order valence-electron chi connectivity index (χ4n) is 2.52. The lowest BCUT2D eigenvalue weighted by molar-refractivity contribution is -0.384. The quantitative estimate of drug-likeness (QED) is 0.494. The van der Waals surface area contributed by atoms with Crippen LogP contribution in [0.1, 0.15) is 22.0 Å². The Morgan fingerprint density at radius 1 is 1.19 bits per heavy atom. The fraction of sp³-hybridized carbons (Fsp3) is 0.0588. The Labute approximate surface area is 152 Å². The van der Waals surface area contributed by atoms with Gasteiger partial charge in [-0.05, 0) is 17.7 Å². The monoisotopic (exact) mass is 366 g/mol. The summed E-state index contributed by atoms with van der Waals surface area (Å²) < 4.78 is 1.22. The van der Waals surface area contributed by atoms with Crippen LogP contribution in [0.15, 0.2) is 61.2 Å². The summed E-state index contributed by atoms with van der Waals surface area (Å²) in [6.07, 6.45) is 2.54. The second-order valence-electron chi connectivity index (χ2n) is 5.52. The van der Waals surface area contributed by atoms with Crippen molar-refractivity contribution in [1.29, 1.82) is 0 Å². The van der Waals surface area contributed by atoms with E-state index in [1.54, 1.807) is 30.3 Å². The molecule has 1 unspecified atom stereocenters. The summed E-state index contributed by atoms with van der Waals surface area (Å²) in [4.78, 5) is 38.8. The number of hydrogen-bond donors (Lipinski definition) is 2. The molecule has 0 aliphatic rings. The lowest BCUT2D eigenvalue weighted by Gasteiger charge is -2.16. The van der Waals surface area contributed by atoms with Gasteiger partial charge in [0.2, 0.25) is 5.91 Å². The van der Waals surface area contributed by atoms with Gasteiger partial charge in [-0.25, -0.2) is 9.67 Å². The number of nitrogens with zero attached hydrogens (tertiary/aromatic N) is 4. The molecule has 1 heterocycles. The average molecular weight is 366 g/mol. The number of rotatable bonds is 6. The third-order valence-electron chi connectivity index (χ3n) is 3.79. The summed E-state index contributed by atoms with van der Waals surface area (Å²) in [5, 5.41) is 17.7. The van der Waals surface area contributed by atoms with Crippen LogP contribution in [0, 0.1) is 10.1 Å². The third kappa shape index (κ3) is 3.79. The molecule has 0 aliphatic heterocycles. The first-order chi connectivity index (χ1) is 13.0. The predicted octanol–water partition coefficient (Wildman–Crippen LogP) is 1.13. The minimum absolute atomic E-state index is 0.00717. The van der Waals surface area contributed by atoms with Gasteiger partial charge >= 0.3 is 0 Å². The number of primary amides is 1. The third-order valence-corrected chi connectivity index (χ3v) is 3.79. The van der Waals surface area contributed by atoms with Gasteiger partial charge in [-0.1, -0.05) is 30.3 Å². The molecule has 0 saturated heterocycles. The van der Waals surface area contributed by atoms with E-state index in [4.69, 9.17) is 5.73 Å². The van der Waals surface area contributed by atoms with E-state index in [1.165, 1.54) is 29.5 Å². The zero-order chi connectivity index (χ0) is 19.4. The summed E-state index contributed by atoms with van der Waals surface area (Å²) in [5.74, 6) is -1.42. The van der Waals surface area contributed by atoms with Crippen LogP contribution in [0.25, 0.3) is 5.69 Å². The van der Waals surface area contributed by atoms with E-state index in [9.17, 15) is 19.7 Å². The van der Waals surface area contributed by atoms with Gasteiger partial charge in [-0.2, -0.15) is 5.10 Å². The van der Waals surface area contributed by atoms with Gasteiger partial charge in [0.25, 0.3) is 11.6 Å². The van der Waals surface area contributed by atoms with Crippen molar-refractivity contribution in [3.05, 3.63) is 82.4 Å². The molecule has 0 spiro atoms. The molecule has 1 atom stereocenters. The van der Waals surface area contributed by atoms with Crippen molar-refractivity contribution in [2.24, 2.45) is 5.73 Å². The number of carbonyl (C=O) groups excluding carboxylic acids is 2. The first-order valence-corrected chi connectivity index (χ1v) is 7.76. The van der Waals surface area contributed by atoms with Crippen LogP contribution in [0.2, 0.25) is 0 Å². The molecule has 136 valence electrons. The van der Waals surface area contributed by atoms with Crippen LogP contribution in [0.3, 0.4) is 0 Å². The summed E-state index contributed by atoms with van der Waals surface area (Å²) in [5.41, 5.74) is 5.72. The highest BCUT2D eigenvalue weighted by Gasteiger charge is 2.23. The second-order valence-corrected chi connectivity index (χ2v) is 5.52. The van der Waals surface area contributed by atoms with Crippen molar-refractivity contribution >= 4 is 17.5 Å². The Balaban J connectivity index is 1.91. The number of benzene rings is 2. The van der Waals surface area contributed by atoms with Crippen LogP contribution in [-0.2, 0) is 4.79 Å². The molecular weight excluding hydrogens is 352 g/mol. The van der Waals surface area contributed by atoms with Crippen molar-refractivity contribution in [3.63, 3.8) is 0 Å². The topological polar surface area (TPSA) is 146 Å². The van der Waals surface area contributed by atoms with E-state index in [1.807, 2.05) is 0 Å². The van der Waals surface area contributed by atoms with E-state index in [0.717, 1.165) is 6.07 Å². The number of aromatic nitrogens is 3. The lowest BCUT2D eigenvalue weighted by atomic mass is 10.1. The van der Waals surface area contributed by atoms with Crippen LogP contribution in [0.4, 0.5) is 5.69 Å². The normalized spacial score (nSPS) is 11.6. The number of nitro benzene ring substituents is 1. The summed E-state index contributed by atoms with van der Waals surface area (Å²) in [7, 11) is 0. The minimum atomic E-state index is -1.06. The highest BCUT2D eigenvalue weighted by molar-refractivity contribution is 5.98. The SMILES string of the molecule is NC(=O)C(NC(=O)c1ccc(-n2cncn2)c([N+](=O)[O-])c1)c1ccccc1. The zero-order valence-electron chi connectivity index (χ0n) is 13.9. The number of hydrogen-bond acceptors (Lipinski definition) is 6. The molecule has 0 radical (unpaired) electrons. The zero-order valence-corrected chi connectivity index (χ0v) is 13.9. The number of carbonyl (C=O) groups is 2. The maximum atomic E-state index is 12.5. The van der Waals surface area contributed by atoms with Crippen molar-refractivity contribution in [2.45, 2.75) is 6.04 Å². The summed E-state index contributed by atoms with van der Waals surface area (Å²) >= 11 is 0. The van der Waals surface area contributed by atoms with E-state index < -0.39 is 22.8 Å². The van der Waals surface area contributed by atoms with Crippen molar-refractivity contribution < 1.29 is 14.5 Å². The lowest BCUT2D eigenvalue weighted by Crippen LogP contribution is -2.37. The fourth-order valence-corrected chi connectivity index (χ4v) is 2.52. The highest BCUT2D eigenvalue weighted by atomic mass is 16.6. The molecular formula is C17H14N6O4. The summed E-state index contributed by atoms with van der Waals surface area (Å²) in [6, 6.07) is 11.3. The Bertz CT molecular complexity index is 988. The summed E-state index contributed by atoms with van der Waals surface area (Å²) in [6.45, 7) is 0. The number of nitrogens with one attached hydrogen (secondary N) is 1. The van der Waals surface area contributed by atoms with Gasteiger partial charge in [0, 0.05) is 11.6 Å². The molecule has 2 aromatic carbocycles. The number of amides is 2. The average Bonchev–Trinajstić information content (AvgIpc) is 3.20. The van der Waals surface area contributed by atoms with E-state index in [0.29, 0.717) is 5.56 Å². The largest absolute Gasteiger partial charge is 0.368 e. The smallest absolute Gasteiger partial charge is 0.295 e. The second kappa shape index (κ2) is 7.44. The number of nitro groups is 1. The van der Waals surface area contributed by atoms with Gasteiger partial charge in [-0.3, -0.25) is 19.7 Å². The first kappa shape index (κ1) is 17.7. The standard InChI is InChI=1S/C17H14N6O4/c18-16(24)15(11-4-2-1-3-5-11)21-17(25)12-6-7-13(14(8-12)23(26)27)22-10-19-9-20-22/h1-10,15H,(H2,18,24)(H,21,25). The van der Waals surface area contributed by atoms with E-state index in [2.05, 4.69) is 15.4 Å². The Kier molecular flexibility index (Phi) is 4.88. The molecule has 3 rings (SSSR count). The molecule has 0 saturated carbocycles. The van der Waals surface area contributed by atoms with Gasteiger partial charge in [0.05, 0.1) is 4.92 Å². The van der Waals surface area contributed by atoms with E-state index >= 15 is 0 Å². The molecule has 1 aromatic heterocycles. The predicted molar refractivity (Wildman–Crippen MR) is 93.9 cm³/mol. The maximum absolute atomic E-state index is 12.5. The highest BCUT2D eigenvalue weighted by Crippen LogP contribution is 2.24. The molecule has 10 nitrogen and oxygen atoms in total. The molecule has 2 amide bonds. The van der Waals surface area contributed by atoms with Gasteiger partial charge in [0.1, 0.15) is 24.4 Å². The van der Waals surface area contributed by atoms with Gasteiger partial charge in [-0.15, -0.1) is 0 Å². The van der Waals surface area contributed by atoms with Crippen molar-refractivity contribution in [2.75, 3.05) is 0 Å². The molecule has 27 heavy (non-hydrogen) atoms. The van der Waals surface area contributed by atoms with Gasteiger partial charge < -0.3 is 11.1 Å². The van der Waals surface area contributed by atoms with Crippen molar-refractivity contribution in [1.82, 2.24) is 20.1 Å². The van der Waals surface area contributed by atoms with Crippen LogP contribution < -0.4 is 11.1 Å². The Hall–Kier alpha value is -4.08. The van der Waals surface area contributed by atoms with E-state index in [-0.39, 0.29) is 16.9 Å². The molecule has 0 bridgehead atoms. The molecule has 3 N–H and O–H groups in total. The molecule has 0 fully saturated rings. The van der Waals surface area contributed by atoms with Crippen LogP contribution in [0.5, 0.6) is 0 Å². The molecule has 10 heteroatoms. The van der Waals surface area contributed by atoms with Crippen LogP contribution in [-0.4, -0.2) is 31.5 Å². The van der Waals surface area contributed by atoms with Crippen molar-refractivity contribution in [3.8, 4) is 5.69 Å². The van der Waals surface area contributed by atoms with Crippen LogP contribution >= 0.6 is 0 Å². The Morgan fingerprint density at radius 3 is 2.52 bits per heavy atom. The molecule has 0 aliphatic carbocycles. The number of nitrogens with two attached hydrogens (primary N) is 1. The van der Waals surface area contributed by atoms with Gasteiger partial charge in [0.15, 0.2) is 0 Å². The maximum Gasteiger partial charge on any atom is 0.295 e.